The first-order valence-electron chi connectivity index (χ1n) is 7.86. The van der Waals surface area contributed by atoms with Crippen molar-refractivity contribution in [2.45, 2.75) is 32.6 Å². The summed E-state index contributed by atoms with van der Waals surface area (Å²) in [5, 5.41) is 0. The zero-order chi connectivity index (χ0) is 14.4. The molecule has 3 nitrogen and oxygen atoms in total. The Morgan fingerprint density at radius 2 is 1.95 bits per heavy atom. The molecule has 0 N–H and O–H groups in total. The van der Waals surface area contributed by atoms with Crippen LogP contribution in [0.2, 0.25) is 0 Å². The molecule has 0 bridgehead atoms. The van der Waals surface area contributed by atoms with Crippen LogP contribution >= 0.6 is 0 Å². The number of nitrogens with zero attached hydrogens (tertiary/aromatic N) is 2. The molecule has 2 rings (SSSR count). The first-order valence-corrected chi connectivity index (χ1v) is 7.86. The van der Waals surface area contributed by atoms with Gasteiger partial charge in [0.15, 0.2) is 0 Å². The van der Waals surface area contributed by atoms with Crippen LogP contribution in [0.4, 0.5) is 5.69 Å². The molecule has 0 aromatic heterocycles. The highest BCUT2D eigenvalue weighted by atomic mass is 16.5. The average molecular weight is 276 g/mol. The Balaban J connectivity index is 2.06. The van der Waals surface area contributed by atoms with Gasteiger partial charge in [0.2, 0.25) is 0 Å². The molecule has 0 atom stereocenters. The maximum absolute atomic E-state index is 5.87. The molecule has 1 heterocycles. The minimum atomic E-state index is 0.738. The molecule has 0 unspecified atom stereocenters. The molecule has 112 valence electrons. The lowest BCUT2D eigenvalue weighted by Gasteiger charge is -2.22. The van der Waals surface area contributed by atoms with Crippen molar-refractivity contribution in [1.29, 1.82) is 0 Å². The molecule has 0 saturated carbocycles. The fraction of sp³-hybridized carbons (Fsp3) is 0.647. The van der Waals surface area contributed by atoms with E-state index < -0.39 is 0 Å². The van der Waals surface area contributed by atoms with Gasteiger partial charge in [-0.25, -0.2) is 0 Å². The monoisotopic (exact) mass is 276 g/mol. The number of hydrogen-bond donors (Lipinski definition) is 0. The zero-order valence-electron chi connectivity index (χ0n) is 13.2. The summed E-state index contributed by atoms with van der Waals surface area (Å²) in [6.07, 6.45) is 4.92. The van der Waals surface area contributed by atoms with Gasteiger partial charge in [0.25, 0.3) is 0 Å². The Hall–Kier alpha value is -1.22. The van der Waals surface area contributed by atoms with Crippen molar-refractivity contribution in [2.24, 2.45) is 0 Å². The maximum Gasteiger partial charge on any atom is 0.142 e. The van der Waals surface area contributed by atoms with E-state index in [1.807, 2.05) is 0 Å². The van der Waals surface area contributed by atoms with Crippen LogP contribution in [0.15, 0.2) is 18.2 Å². The highest BCUT2D eigenvalue weighted by molar-refractivity contribution is 5.60. The van der Waals surface area contributed by atoms with E-state index in [4.69, 9.17) is 4.74 Å². The third-order valence-electron chi connectivity index (χ3n) is 3.84. The second-order valence-corrected chi connectivity index (χ2v) is 5.84. The predicted molar refractivity (Wildman–Crippen MR) is 85.9 cm³/mol. The minimum absolute atomic E-state index is 0.738. The van der Waals surface area contributed by atoms with Crippen LogP contribution in [0.1, 0.15) is 31.7 Å². The lowest BCUT2D eigenvalue weighted by molar-refractivity contribution is 0.340. The number of benzene rings is 1. The summed E-state index contributed by atoms with van der Waals surface area (Å²) in [6.45, 7) is 6.27. The summed E-state index contributed by atoms with van der Waals surface area (Å²) < 4.78 is 5.87. The third-order valence-corrected chi connectivity index (χ3v) is 3.84. The van der Waals surface area contributed by atoms with Crippen molar-refractivity contribution in [3.63, 3.8) is 0 Å². The summed E-state index contributed by atoms with van der Waals surface area (Å²) >= 11 is 0. The molecule has 20 heavy (non-hydrogen) atoms. The molecule has 1 aliphatic rings. The van der Waals surface area contributed by atoms with E-state index >= 15 is 0 Å². The van der Waals surface area contributed by atoms with Gasteiger partial charge in [0, 0.05) is 13.1 Å². The number of hydrogen-bond acceptors (Lipinski definition) is 3. The SMILES string of the molecule is CCOc1cc(CCCN(C)C)ccc1N1CCCC1. The van der Waals surface area contributed by atoms with Crippen molar-refractivity contribution in [3.05, 3.63) is 23.8 Å². The van der Waals surface area contributed by atoms with Gasteiger partial charge in [-0.2, -0.15) is 0 Å². The van der Waals surface area contributed by atoms with Crippen molar-refractivity contribution in [2.75, 3.05) is 45.2 Å². The van der Waals surface area contributed by atoms with E-state index in [1.165, 1.54) is 43.6 Å². The maximum atomic E-state index is 5.87. The van der Waals surface area contributed by atoms with Gasteiger partial charge < -0.3 is 14.5 Å². The van der Waals surface area contributed by atoms with E-state index in [9.17, 15) is 0 Å². The van der Waals surface area contributed by atoms with Gasteiger partial charge in [-0.3, -0.25) is 0 Å². The third kappa shape index (κ3) is 4.14. The first-order chi connectivity index (χ1) is 9.70. The topological polar surface area (TPSA) is 15.7 Å². The number of anilines is 1. The van der Waals surface area contributed by atoms with E-state index in [0.29, 0.717) is 0 Å². The molecule has 1 aromatic carbocycles. The van der Waals surface area contributed by atoms with E-state index in [1.54, 1.807) is 0 Å². The fourth-order valence-corrected chi connectivity index (χ4v) is 2.80. The second kappa shape index (κ2) is 7.53. The molecule has 1 aliphatic heterocycles. The molecular formula is C17H28N2O. The van der Waals surface area contributed by atoms with Gasteiger partial charge >= 0.3 is 0 Å². The van der Waals surface area contributed by atoms with E-state index in [0.717, 1.165) is 25.3 Å². The molecule has 1 saturated heterocycles. The standard InChI is InChI=1S/C17H28N2O/c1-4-20-17-14-15(8-7-11-18(2)3)9-10-16(17)19-12-5-6-13-19/h9-10,14H,4-8,11-13H2,1-3H3. The van der Waals surface area contributed by atoms with Crippen molar-refractivity contribution >= 4 is 5.69 Å². The van der Waals surface area contributed by atoms with Gasteiger partial charge in [-0.15, -0.1) is 0 Å². The molecule has 0 spiro atoms. The molecule has 1 fully saturated rings. The second-order valence-electron chi connectivity index (χ2n) is 5.84. The first kappa shape index (κ1) is 15.2. The summed E-state index contributed by atoms with van der Waals surface area (Å²) in [7, 11) is 4.25. The molecule has 0 aliphatic carbocycles. The van der Waals surface area contributed by atoms with Gasteiger partial charge in [0.05, 0.1) is 12.3 Å². The number of rotatable bonds is 7. The highest BCUT2D eigenvalue weighted by Crippen LogP contribution is 2.32. The molecule has 3 heteroatoms. The quantitative estimate of drug-likeness (QED) is 0.761. The van der Waals surface area contributed by atoms with Crippen molar-refractivity contribution < 1.29 is 4.74 Å². The molecular weight excluding hydrogens is 248 g/mol. The summed E-state index contributed by atoms with van der Waals surface area (Å²) in [6, 6.07) is 6.76. The Morgan fingerprint density at radius 1 is 1.20 bits per heavy atom. The smallest absolute Gasteiger partial charge is 0.142 e. The van der Waals surface area contributed by atoms with Crippen molar-refractivity contribution in [1.82, 2.24) is 4.90 Å². The Labute approximate surface area is 123 Å². The summed E-state index contributed by atoms with van der Waals surface area (Å²) in [4.78, 5) is 4.69. The van der Waals surface area contributed by atoms with Crippen LogP contribution in [0.5, 0.6) is 5.75 Å². The van der Waals surface area contributed by atoms with Crippen LogP contribution in [0.25, 0.3) is 0 Å². The minimum Gasteiger partial charge on any atom is -0.492 e. The number of ether oxygens (including phenoxy) is 1. The van der Waals surface area contributed by atoms with Crippen LogP contribution in [0, 0.1) is 0 Å². The normalized spacial score (nSPS) is 15.1. The Morgan fingerprint density at radius 3 is 2.60 bits per heavy atom. The van der Waals surface area contributed by atoms with E-state index in [2.05, 4.69) is 49.0 Å². The Kier molecular flexibility index (Phi) is 5.72. The Bertz CT molecular complexity index is 411. The van der Waals surface area contributed by atoms with Crippen LogP contribution in [-0.2, 0) is 6.42 Å². The zero-order valence-corrected chi connectivity index (χ0v) is 13.2. The predicted octanol–water partition coefficient (Wildman–Crippen LogP) is 3.18. The highest BCUT2D eigenvalue weighted by Gasteiger charge is 2.16. The molecule has 0 amide bonds. The lowest BCUT2D eigenvalue weighted by atomic mass is 10.1. The van der Waals surface area contributed by atoms with Crippen LogP contribution in [-0.4, -0.2) is 45.2 Å². The largest absolute Gasteiger partial charge is 0.492 e. The fourth-order valence-electron chi connectivity index (χ4n) is 2.80. The average Bonchev–Trinajstić information content (AvgIpc) is 2.93. The van der Waals surface area contributed by atoms with E-state index in [-0.39, 0.29) is 0 Å². The van der Waals surface area contributed by atoms with Gasteiger partial charge in [-0.05, 0) is 70.9 Å². The van der Waals surface area contributed by atoms with Crippen LogP contribution in [0.3, 0.4) is 0 Å². The van der Waals surface area contributed by atoms with Crippen molar-refractivity contribution in [3.8, 4) is 5.75 Å². The van der Waals surface area contributed by atoms with Gasteiger partial charge in [0.1, 0.15) is 5.75 Å². The lowest BCUT2D eigenvalue weighted by Crippen LogP contribution is -2.18. The van der Waals surface area contributed by atoms with Crippen LogP contribution < -0.4 is 9.64 Å². The van der Waals surface area contributed by atoms with Gasteiger partial charge in [-0.1, -0.05) is 6.07 Å². The number of aryl methyl sites for hydroxylation is 1. The summed E-state index contributed by atoms with van der Waals surface area (Å²) in [5.41, 5.74) is 2.67. The molecule has 1 aromatic rings. The summed E-state index contributed by atoms with van der Waals surface area (Å²) in [5.74, 6) is 1.07. The molecule has 0 radical (unpaired) electrons.